The Bertz CT molecular complexity index is 383. The average Bonchev–Trinajstić information content (AvgIpc) is 2.34. The fourth-order valence-electron chi connectivity index (χ4n) is 2.44. The SMILES string of the molecule is CC[C@@H](c1ccc(Br)cc1F)N1CCNCC1.Cl. The van der Waals surface area contributed by atoms with Crippen molar-refractivity contribution in [3.05, 3.63) is 34.1 Å². The van der Waals surface area contributed by atoms with E-state index in [1.165, 1.54) is 0 Å². The summed E-state index contributed by atoms with van der Waals surface area (Å²) >= 11 is 3.30. The van der Waals surface area contributed by atoms with Gasteiger partial charge in [0.25, 0.3) is 0 Å². The summed E-state index contributed by atoms with van der Waals surface area (Å²) in [7, 11) is 0. The molecule has 1 heterocycles. The molecule has 1 N–H and O–H groups in total. The first kappa shape index (κ1) is 15.9. The smallest absolute Gasteiger partial charge is 0.129 e. The van der Waals surface area contributed by atoms with Crippen molar-refractivity contribution < 1.29 is 4.39 Å². The Morgan fingerprint density at radius 3 is 2.61 bits per heavy atom. The lowest BCUT2D eigenvalue weighted by Crippen LogP contribution is -2.45. The molecule has 0 bridgehead atoms. The highest BCUT2D eigenvalue weighted by molar-refractivity contribution is 9.10. The quantitative estimate of drug-likeness (QED) is 0.910. The molecule has 0 spiro atoms. The Morgan fingerprint density at radius 2 is 2.06 bits per heavy atom. The first-order valence-electron chi connectivity index (χ1n) is 6.12. The summed E-state index contributed by atoms with van der Waals surface area (Å²) in [6, 6.07) is 5.57. The Hall–Kier alpha value is -0.160. The number of benzene rings is 1. The second-order valence-corrected chi connectivity index (χ2v) is 5.29. The number of nitrogens with zero attached hydrogens (tertiary/aromatic N) is 1. The minimum atomic E-state index is -0.107. The van der Waals surface area contributed by atoms with E-state index in [1.54, 1.807) is 6.07 Å². The van der Waals surface area contributed by atoms with Crippen LogP contribution in [0.25, 0.3) is 0 Å². The molecule has 18 heavy (non-hydrogen) atoms. The van der Waals surface area contributed by atoms with E-state index in [-0.39, 0.29) is 24.3 Å². The van der Waals surface area contributed by atoms with Gasteiger partial charge in [-0.2, -0.15) is 0 Å². The summed E-state index contributed by atoms with van der Waals surface area (Å²) in [6.07, 6.45) is 0.943. The van der Waals surface area contributed by atoms with Gasteiger partial charge in [-0.15, -0.1) is 12.4 Å². The summed E-state index contributed by atoms with van der Waals surface area (Å²) in [5.41, 5.74) is 0.817. The van der Waals surface area contributed by atoms with Gasteiger partial charge in [-0.1, -0.05) is 28.9 Å². The lowest BCUT2D eigenvalue weighted by molar-refractivity contribution is 0.166. The molecule has 1 saturated heterocycles. The van der Waals surface area contributed by atoms with Gasteiger partial charge in [-0.25, -0.2) is 4.39 Å². The van der Waals surface area contributed by atoms with E-state index < -0.39 is 0 Å². The molecule has 0 aromatic heterocycles. The largest absolute Gasteiger partial charge is 0.314 e. The van der Waals surface area contributed by atoms with Crippen LogP contribution in [-0.4, -0.2) is 31.1 Å². The summed E-state index contributed by atoms with van der Waals surface area (Å²) in [5.74, 6) is -0.107. The van der Waals surface area contributed by atoms with Gasteiger partial charge in [0.15, 0.2) is 0 Å². The molecule has 0 radical (unpaired) electrons. The second kappa shape index (κ2) is 7.43. The molecule has 2 nitrogen and oxygen atoms in total. The summed E-state index contributed by atoms with van der Waals surface area (Å²) in [6.45, 7) is 6.10. The zero-order valence-electron chi connectivity index (χ0n) is 10.5. The van der Waals surface area contributed by atoms with Crippen molar-refractivity contribution in [1.29, 1.82) is 0 Å². The van der Waals surface area contributed by atoms with E-state index in [2.05, 4.69) is 33.1 Å². The van der Waals surface area contributed by atoms with E-state index >= 15 is 0 Å². The van der Waals surface area contributed by atoms with Crippen LogP contribution >= 0.6 is 28.3 Å². The number of rotatable bonds is 3. The Kier molecular flexibility index (Phi) is 6.57. The molecule has 2 rings (SSSR count). The fourth-order valence-corrected chi connectivity index (χ4v) is 2.77. The predicted molar refractivity (Wildman–Crippen MR) is 78.8 cm³/mol. The Labute approximate surface area is 122 Å². The monoisotopic (exact) mass is 336 g/mol. The van der Waals surface area contributed by atoms with Gasteiger partial charge in [0.1, 0.15) is 5.82 Å². The minimum Gasteiger partial charge on any atom is -0.314 e. The maximum Gasteiger partial charge on any atom is 0.129 e. The first-order chi connectivity index (χ1) is 8.22. The third-order valence-corrected chi connectivity index (χ3v) is 3.79. The van der Waals surface area contributed by atoms with Crippen molar-refractivity contribution in [2.24, 2.45) is 0 Å². The normalized spacial score (nSPS) is 18.2. The van der Waals surface area contributed by atoms with E-state index in [1.807, 2.05) is 12.1 Å². The maximum absolute atomic E-state index is 14.0. The zero-order valence-corrected chi connectivity index (χ0v) is 12.9. The first-order valence-corrected chi connectivity index (χ1v) is 6.91. The molecule has 5 heteroatoms. The van der Waals surface area contributed by atoms with Crippen LogP contribution in [0, 0.1) is 5.82 Å². The highest BCUT2D eigenvalue weighted by Gasteiger charge is 2.22. The van der Waals surface area contributed by atoms with E-state index in [4.69, 9.17) is 0 Å². The van der Waals surface area contributed by atoms with Gasteiger partial charge in [-0.05, 0) is 18.6 Å². The van der Waals surface area contributed by atoms with Gasteiger partial charge in [0, 0.05) is 42.3 Å². The molecule has 0 saturated carbocycles. The number of halogens is 3. The minimum absolute atomic E-state index is 0. The van der Waals surface area contributed by atoms with Gasteiger partial charge in [-0.3, -0.25) is 4.90 Å². The van der Waals surface area contributed by atoms with Crippen LogP contribution in [0.4, 0.5) is 4.39 Å². The Morgan fingerprint density at radius 1 is 1.39 bits per heavy atom. The van der Waals surface area contributed by atoms with Crippen molar-refractivity contribution in [1.82, 2.24) is 10.2 Å². The molecule has 0 aliphatic carbocycles. The molecule has 1 aliphatic rings. The number of nitrogens with one attached hydrogen (secondary N) is 1. The van der Waals surface area contributed by atoms with Crippen LogP contribution in [-0.2, 0) is 0 Å². The molecule has 1 fully saturated rings. The van der Waals surface area contributed by atoms with Crippen LogP contribution in [0.2, 0.25) is 0 Å². The topological polar surface area (TPSA) is 15.3 Å². The average molecular weight is 338 g/mol. The van der Waals surface area contributed by atoms with Crippen molar-refractivity contribution in [3.8, 4) is 0 Å². The lowest BCUT2D eigenvalue weighted by atomic mass is 10.0. The molecular weight excluding hydrogens is 319 g/mol. The molecule has 1 aromatic rings. The van der Waals surface area contributed by atoms with Crippen LogP contribution in [0.15, 0.2) is 22.7 Å². The van der Waals surface area contributed by atoms with E-state index in [9.17, 15) is 4.39 Å². The van der Waals surface area contributed by atoms with Crippen molar-refractivity contribution in [3.63, 3.8) is 0 Å². The van der Waals surface area contributed by atoms with Crippen LogP contribution < -0.4 is 5.32 Å². The van der Waals surface area contributed by atoms with Gasteiger partial charge < -0.3 is 5.32 Å². The third-order valence-electron chi connectivity index (χ3n) is 3.30. The summed E-state index contributed by atoms with van der Waals surface area (Å²) in [5, 5.41) is 3.33. The molecule has 0 unspecified atom stereocenters. The van der Waals surface area contributed by atoms with Crippen LogP contribution in [0.3, 0.4) is 0 Å². The zero-order chi connectivity index (χ0) is 12.3. The Balaban J connectivity index is 0.00000162. The summed E-state index contributed by atoms with van der Waals surface area (Å²) in [4.78, 5) is 2.36. The highest BCUT2D eigenvalue weighted by Crippen LogP contribution is 2.28. The second-order valence-electron chi connectivity index (χ2n) is 4.38. The van der Waals surface area contributed by atoms with Gasteiger partial charge in [0.2, 0.25) is 0 Å². The molecule has 1 aliphatic heterocycles. The molecular formula is C13H19BrClFN2. The molecule has 1 atom stereocenters. The van der Waals surface area contributed by atoms with Gasteiger partial charge in [0.05, 0.1) is 0 Å². The van der Waals surface area contributed by atoms with Crippen molar-refractivity contribution in [2.75, 3.05) is 26.2 Å². The molecule has 102 valence electrons. The number of piperazine rings is 1. The number of hydrogen-bond acceptors (Lipinski definition) is 2. The van der Waals surface area contributed by atoms with Crippen molar-refractivity contribution in [2.45, 2.75) is 19.4 Å². The van der Waals surface area contributed by atoms with E-state index in [0.29, 0.717) is 0 Å². The standard InChI is InChI=1S/C13H18BrFN2.ClH/c1-2-13(17-7-5-16-6-8-17)11-4-3-10(14)9-12(11)15;/h3-4,9,13,16H,2,5-8H2,1H3;1H/t13-;/m0./s1. The summed E-state index contributed by atoms with van der Waals surface area (Å²) < 4.78 is 14.8. The fraction of sp³-hybridized carbons (Fsp3) is 0.538. The molecule has 0 amide bonds. The van der Waals surface area contributed by atoms with E-state index in [0.717, 1.165) is 42.6 Å². The number of hydrogen-bond donors (Lipinski definition) is 1. The van der Waals surface area contributed by atoms with Crippen LogP contribution in [0.1, 0.15) is 24.9 Å². The van der Waals surface area contributed by atoms with Gasteiger partial charge >= 0.3 is 0 Å². The predicted octanol–water partition coefficient (Wildman–Crippen LogP) is 3.37. The maximum atomic E-state index is 14.0. The van der Waals surface area contributed by atoms with Crippen molar-refractivity contribution >= 4 is 28.3 Å². The third kappa shape index (κ3) is 3.67. The lowest BCUT2D eigenvalue weighted by Gasteiger charge is -2.34. The van der Waals surface area contributed by atoms with Crippen LogP contribution in [0.5, 0.6) is 0 Å². The highest BCUT2D eigenvalue weighted by atomic mass is 79.9. The molecule has 1 aromatic carbocycles.